The topological polar surface area (TPSA) is 86.8 Å². The van der Waals surface area contributed by atoms with Gasteiger partial charge < -0.3 is 10.2 Å². The average Bonchev–Trinajstić information content (AvgIpc) is 2.92. The molecule has 214 valence electrons. The van der Waals surface area contributed by atoms with E-state index in [2.05, 4.69) is 5.32 Å². The Bertz CT molecular complexity index is 1430. The second-order valence-corrected chi connectivity index (χ2v) is 12.4. The number of halogens is 4. The van der Waals surface area contributed by atoms with Crippen LogP contribution in [0.4, 0.5) is 5.69 Å². The second-order valence-electron chi connectivity index (χ2n) is 8.88. The Hall–Kier alpha value is -2.49. The largest absolute Gasteiger partial charge is 0.354 e. The van der Waals surface area contributed by atoms with Crippen LogP contribution in [-0.2, 0) is 26.2 Å². The van der Waals surface area contributed by atoms with Gasteiger partial charge in [-0.1, -0.05) is 72.4 Å². The molecule has 0 fully saturated rings. The number of nitrogens with zero attached hydrogens (tertiary/aromatic N) is 2. The highest BCUT2D eigenvalue weighted by molar-refractivity contribution is 7.92. The first kappa shape index (κ1) is 32.0. The molecule has 7 nitrogen and oxygen atoms in total. The Morgan fingerprint density at radius 3 is 2.08 bits per heavy atom. The number of carbonyl (C=O) groups is 2. The van der Waals surface area contributed by atoms with Crippen molar-refractivity contribution in [1.82, 2.24) is 10.2 Å². The van der Waals surface area contributed by atoms with Gasteiger partial charge in [0.05, 0.1) is 10.6 Å². The number of hydrogen-bond acceptors (Lipinski definition) is 4. The molecule has 0 aliphatic rings. The third kappa shape index (κ3) is 7.83. The zero-order chi connectivity index (χ0) is 29.4. The van der Waals surface area contributed by atoms with Gasteiger partial charge in [0.1, 0.15) is 12.6 Å². The van der Waals surface area contributed by atoms with Gasteiger partial charge in [-0.2, -0.15) is 0 Å². The van der Waals surface area contributed by atoms with Crippen LogP contribution >= 0.6 is 46.4 Å². The molecule has 0 aliphatic heterocycles. The summed E-state index contributed by atoms with van der Waals surface area (Å²) in [6.07, 6.45) is 0.971. The molecular formula is C28H29Cl4N3O4S. The van der Waals surface area contributed by atoms with Gasteiger partial charge in [-0.15, -0.1) is 0 Å². The van der Waals surface area contributed by atoms with Crippen molar-refractivity contribution in [2.75, 3.05) is 17.4 Å². The molecule has 12 heteroatoms. The van der Waals surface area contributed by atoms with E-state index in [0.717, 1.165) is 4.31 Å². The lowest BCUT2D eigenvalue weighted by Gasteiger charge is -2.33. The van der Waals surface area contributed by atoms with E-state index >= 15 is 0 Å². The number of rotatable bonds is 12. The molecule has 1 atom stereocenters. The number of benzene rings is 3. The molecule has 0 radical (unpaired) electrons. The SMILES string of the molecule is CCCNC(=O)C(CC)N(Cc1c(Cl)cccc1Cl)C(=O)CN(c1cccc(Cl)c1)S(=O)(=O)c1ccc(Cl)cc1. The number of anilines is 1. The summed E-state index contributed by atoms with van der Waals surface area (Å²) in [6, 6.07) is 15.8. The fraction of sp³-hybridized carbons (Fsp3) is 0.286. The van der Waals surface area contributed by atoms with Crippen molar-refractivity contribution in [3.63, 3.8) is 0 Å². The molecule has 0 heterocycles. The summed E-state index contributed by atoms with van der Waals surface area (Å²) < 4.78 is 28.6. The van der Waals surface area contributed by atoms with Gasteiger partial charge in [0, 0.05) is 38.7 Å². The van der Waals surface area contributed by atoms with Crippen LogP contribution in [0.25, 0.3) is 0 Å². The molecule has 0 spiro atoms. The monoisotopic (exact) mass is 643 g/mol. The fourth-order valence-electron chi connectivity index (χ4n) is 4.03. The van der Waals surface area contributed by atoms with Gasteiger partial charge in [-0.3, -0.25) is 13.9 Å². The molecule has 3 aromatic carbocycles. The van der Waals surface area contributed by atoms with E-state index in [0.29, 0.717) is 33.6 Å². The van der Waals surface area contributed by atoms with E-state index < -0.39 is 28.5 Å². The molecule has 0 aromatic heterocycles. The van der Waals surface area contributed by atoms with Crippen LogP contribution in [0.5, 0.6) is 0 Å². The zero-order valence-corrected chi connectivity index (χ0v) is 25.8. The van der Waals surface area contributed by atoms with Crippen LogP contribution in [0.2, 0.25) is 20.1 Å². The van der Waals surface area contributed by atoms with Crippen molar-refractivity contribution >= 4 is 73.9 Å². The predicted molar refractivity (Wildman–Crippen MR) is 162 cm³/mol. The standard InChI is InChI=1S/C28H29Cl4N3O4S/c1-3-15-33-28(37)26(4-2)34(17-23-24(31)9-6-10-25(23)32)27(36)18-35(21-8-5-7-20(30)16-21)40(38,39)22-13-11-19(29)12-14-22/h5-14,16,26H,3-4,15,17-18H2,1-2H3,(H,33,37). The van der Waals surface area contributed by atoms with Crippen molar-refractivity contribution in [3.05, 3.63) is 92.4 Å². The Balaban J connectivity index is 2.09. The van der Waals surface area contributed by atoms with Crippen LogP contribution in [0.3, 0.4) is 0 Å². The number of nitrogens with one attached hydrogen (secondary N) is 1. The lowest BCUT2D eigenvalue weighted by molar-refractivity contribution is -0.140. The Kier molecular flexibility index (Phi) is 11.5. The molecule has 0 aliphatic carbocycles. The summed E-state index contributed by atoms with van der Waals surface area (Å²) in [5.41, 5.74) is 0.616. The summed E-state index contributed by atoms with van der Waals surface area (Å²) in [5.74, 6) is -0.997. The summed E-state index contributed by atoms with van der Waals surface area (Å²) >= 11 is 25.0. The van der Waals surface area contributed by atoms with Crippen LogP contribution in [0.1, 0.15) is 32.3 Å². The first-order valence-electron chi connectivity index (χ1n) is 12.5. The van der Waals surface area contributed by atoms with Crippen molar-refractivity contribution in [3.8, 4) is 0 Å². The zero-order valence-electron chi connectivity index (χ0n) is 21.9. The molecule has 1 unspecified atom stereocenters. The molecular weight excluding hydrogens is 616 g/mol. The Morgan fingerprint density at radius 1 is 0.875 bits per heavy atom. The molecule has 0 saturated carbocycles. The summed E-state index contributed by atoms with van der Waals surface area (Å²) in [5, 5.41) is 4.10. The number of carbonyl (C=O) groups excluding carboxylic acids is 2. The minimum Gasteiger partial charge on any atom is -0.354 e. The second kappa shape index (κ2) is 14.4. The number of sulfonamides is 1. The number of amides is 2. The smallest absolute Gasteiger partial charge is 0.264 e. The maximum absolute atomic E-state index is 14.0. The van der Waals surface area contributed by atoms with Gasteiger partial charge in [-0.05, 0) is 67.4 Å². The lowest BCUT2D eigenvalue weighted by Crippen LogP contribution is -2.52. The maximum atomic E-state index is 14.0. The molecule has 1 N–H and O–H groups in total. The Morgan fingerprint density at radius 2 is 1.50 bits per heavy atom. The Labute approximate surface area is 255 Å². The summed E-state index contributed by atoms with van der Waals surface area (Å²) in [6.45, 7) is 3.37. The highest BCUT2D eigenvalue weighted by Gasteiger charge is 2.34. The molecule has 0 bridgehead atoms. The van der Waals surface area contributed by atoms with Gasteiger partial charge in [0.15, 0.2) is 0 Å². The molecule has 3 aromatic rings. The van der Waals surface area contributed by atoms with Crippen molar-refractivity contribution < 1.29 is 18.0 Å². The highest BCUT2D eigenvalue weighted by atomic mass is 35.5. The van der Waals surface area contributed by atoms with Gasteiger partial charge in [-0.25, -0.2) is 8.42 Å². The van der Waals surface area contributed by atoms with Crippen molar-refractivity contribution in [2.45, 2.75) is 44.2 Å². The predicted octanol–water partition coefficient (Wildman–Crippen LogP) is 6.83. The molecule has 3 rings (SSSR count). The first-order valence-corrected chi connectivity index (χ1v) is 15.5. The molecule has 0 saturated heterocycles. The van der Waals surface area contributed by atoms with E-state index in [1.54, 1.807) is 37.3 Å². The average molecular weight is 645 g/mol. The first-order chi connectivity index (χ1) is 19.0. The van der Waals surface area contributed by atoms with Crippen LogP contribution in [0.15, 0.2) is 71.6 Å². The maximum Gasteiger partial charge on any atom is 0.264 e. The quantitative estimate of drug-likeness (QED) is 0.234. The van der Waals surface area contributed by atoms with Crippen molar-refractivity contribution in [1.29, 1.82) is 0 Å². The number of hydrogen-bond donors (Lipinski definition) is 1. The molecule has 2 amide bonds. The van der Waals surface area contributed by atoms with Gasteiger partial charge in [0.25, 0.3) is 10.0 Å². The van der Waals surface area contributed by atoms with E-state index in [9.17, 15) is 18.0 Å². The lowest BCUT2D eigenvalue weighted by atomic mass is 10.1. The third-order valence-electron chi connectivity index (χ3n) is 6.10. The molecule has 40 heavy (non-hydrogen) atoms. The normalized spacial score (nSPS) is 12.1. The highest BCUT2D eigenvalue weighted by Crippen LogP contribution is 2.30. The summed E-state index contributed by atoms with van der Waals surface area (Å²) in [4.78, 5) is 28.4. The van der Waals surface area contributed by atoms with Crippen LogP contribution in [-0.4, -0.2) is 44.3 Å². The fourth-order valence-corrected chi connectivity index (χ4v) is 6.27. The van der Waals surface area contributed by atoms with Crippen LogP contribution in [0, 0.1) is 0 Å². The minimum absolute atomic E-state index is 0.0712. The third-order valence-corrected chi connectivity index (χ3v) is 9.09. The van der Waals surface area contributed by atoms with E-state index in [-0.39, 0.29) is 34.5 Å². The van der Waals surface area contributed by atoms with Crippen molar-refractivity contribution in [2.24, 2.45) is 0 Å². The van der Waals surface area contributed by atoms with E-state index in [1.165, 1.54) is 41.3 Å². The van der Waals surface area contributed by atoms with E-state index in [1.807, 2.05) is 6.92 Å². The van der Waals surface area contributed by atoms with Crippen LogP contribution < -0.4 is 9.62 Å². The summed E-state index contributed by atoms with van der Waals surface area (Å²) in [7, 11) is -4.26. The van der Waals surface area contributed by atoms with E-state index in [4.69, 9.17) is 46.4 Å². The minimum atomic E-state index is -4.26. The van der Waals surface area contributed by atoms with Gasteiger partial charge >= 0.3 is 0 Å². The van der Waals surface area contributed by atoms with Gasteiger partial charge in [0.2, 0.25) is 11.8 Å².